The van der Waals surface area contributed by atoms with Gasteiger partial charge in [0.1, 0.15) is 6.07 Å². The van der Waals surface area contributed by atoms with Crippen molar-refractivity contribution in [3.05, 3.63) is 71.6 Å². The number of hydrogen-bond acceptors (Lipinski definition) is 2. The van der Waals surface area contributed by atoms with Crippen molar-refractivity contribution in [2.45, 2.75) is 11.7 Å². The van der Waals surface area contributed by atoms with E-state index in [2.05, 4.69) is 0 Å². The van der Waals surface area contributed by atoms with E-state index in [9.17, 15) is 23.2 Å². The van der Waals surface area contributed by atoms with Crippen LogP contribution in [0.4, 0.5) is 18.0 Å². The third-order valence-electron chi connectivity index (χ3n) is 4.19. The molecule has 2 aliphatic rings. The van der Waals surface area contributed by atoms with Crippen LogP contribution in [0, 0.1) is 11.3 Å². The third kappa shape index (κ3) is 1.89. The number of halogens is 3. The highest BCUT2D eigenvalue weighted by atomic mass is 19.4. The Morgan fingerprint density at radius 2 is 1.83 bits per heavy atom. The SMILES string of the molecule is CN1C(=O)N2C=CC=CC2=C(C#N)C1(c1ccccc1)C(F)(F)F. The van der Waals surface area contributed by atoms with Gasteiger partial charge in [-0.2, -0.15) is 18.4 Å². The fourth-order valence-corrected chi connectivity index (χ4v) is 3.12. The van der Waals surface area contributed by atoms with Crippen LogP contribution in [0.15, 0.2) is 66.0 Å². The van der Waals surface area contributed by atoms with Crippen molar-refractivity contribution >= 4 is 6.03 Å². The largest absolute Gasteiger partial charge is 0.421 e. The number of rotatable bonds is 1. The van der Waals surface area contributed by atoms with Gasteiger partial charge in [0, 0.05) is 13.2 Å². The number of fused-ring (bicyclic) bond motifs is 1. The Labute approximate surface area is 136 Å². The molecule has 2 aliphatic heterocycles. The van der Waals surface area contributed by atoms with Crippen LogP contribution >= 0.6 is 0 Å². The highest BCUT2D eigenvalue weighted by Gasteiger charge is 2.66. The van der Waals surface area contributed by atoms with Crippen LogP contribution in [0.25, 0.3) is 0 Å². The van der Waals surface area contributed by atoms with E-state index in [1.165, 1.54) is 48.7 Å². The quantitative estimate of drug-likeness (QED) is 0.788. The average molecular weight is 331 g/mol. The summed E-state index contributed by atoms with van der Waals surface area (Å²) in [6, 6.07) is 7.85. The van der Waals surface area contributed by atoms with Crippen LogP contribution in [0.2, 0.25) is 0 Å². The summed E-state index contributed by atoms with van der Waals surface area (Å²) in [5, 5.41) is 9.56. The van der Waals surface area contributed by atoms with Gasteiger partial charge in [0.15, 0.2) is 0 Å². The molecule has 3 rings (SSSR count). The highest BCUT2D eigenvalue weighted by Crippen LogP contribution is 2.52. The molecule has 1 aromatic rings. The van der Waals surface area contributed by atoms with Gasteiger partial charge in [-0.1, -0.05) is 36.4 Å². The molecule has 7 heteroatoms. The van der Waals surface area contributed by atoms with Crippen LogP contribution in [-0.2, 0) is 5.54 Å². The molecule has 2 amide bonds. The normalized spacial score (nSPS) is 23.4. The van der Waals surface area contributed by atoms with Gasteiger partial charge < -0.3 is 4.90 Å². The van der Waals surface area contributed by atoms with Crippen molar-refractivity contribution < 1.29 is 18.0 Å². The summed E-state index contributed by atoms with van der Waals surface area (Å²) in [5.41, 5.74) is -3.62. The molecule has 1 unspecified atom stereocenters. The summed E-state index contributed by atoms with van der Waals surface area (Å²) < 4.78 is 42.8. The molecule has 1 aromatic carbocycles. The van der Waals surface area contributed by atoms with Crippen molar-refractivity contribution in [3.63, 3.8) is 0 Å². The number of alkyl halides is 3. The van der Waals surface area contributed by atoms with Crippen LogP contribution in [-0.4, -0.2) is 29.1 Å². The molecule has 0 spiro atoms. The van der Waals surface area contributed by atoms with Crippen molar-refractivity contribution in [1.29, 1.82) is 5.26 Å². The number of benzene rings is 1. The Hall–Kier alpha value is -3.01. The first kappa shape index (κ1) is 15.9. The Bertz CT molecular complexity index is 818. The fraction of sp³-hybridized carbons (Fsp3) is 0.176. The lowest BCUT2D eigenvalue weighted by molar-refractivity contribution is -0.213. The molecule has 0 fully saturated rings. The molecular weight excluding hydrogens is 319 g/mol. The summed E-state index contributed by atoms with van der Waals surface area (Å²) in [7, 11) is 1.06. The minimum atomic E-state index is -4.88. The number of likely N-dealkylation sites (N-methyl/N-ethyl adjacent to an activating group) is 1. The van der Waals surface area contributed by atoms with Crippen molar-refractivity contribution in [1.82, 2.24) is 9.80 Å². The van der Waals surface area contributed by atoms with Gasteiger partial charge in [-0.05, 0) is 17.7 Å². The van der Waals surface area contributed by atoms with E-state index in [4.69, 9.17) is 0 Å². The molecule has 4 nitrogen and oxygen atoms in total. The monoisotopic (exact) mass is 331 g/mol. The first-order valence-corrected chi connectivity index (χ1v) is 7.04. The minimum Gasteiger partial charge on any atom is -0.304 e. The van der Waals surface area contributed by atoms with Crippen molar-refractivity contribution in [3.8, 4) is 6.07 Å². The average Bonchev–Trinajstić information content (AvgIpc) is 2.57. The smallest absolute Gasteiger partial charge is 0.304 e. The maximum absolute atomic E-state index is 14.3. The molecule has 2 heterocycles. The van der Waals surface area contributed by atoms with Gasteiger partial charge in [0.2, 0.25) is 5.54 Å². The molecule has 0 aromatic heterocycles. The Morgan fingerprint density at radius 1 is 1.17 bits per heavy atom. The third-order valence-corrected chi connectivity index (χ3v) is 4.19. The van der Waals surface area contributed by atoms with Crippen LogP contribution < -0.4 is 0 Å². The summed E-state index contributed by atoms with van der Waals surface area (Å²) in [5.74, 6) is 0. The lowest BCUT2D eigenvalue weighted by Gasteiger charge is -2.48. The molecule has 0 saturated carbocycles. The summed E-state index contributed by atoms with van der Waals surface area (Å²) in [6.45, 7) is 0. The zero-order valence-electron chi connectivity index (χ0n) is 12.6. The van der Waals surface area contributed by atoms with E-state index in [1.54, 1.807) is 12.1 Å². The standard InChI is InChI=1S/C17H12F3N3O/c1-22-15(24)23-10-6-5-9-14(23)13(11-21)16(22,17(18,19)20)12-7-3-2-4-8-12/h2-10H,1H3. The van der Waals surface area contributed by atoms with Gasteiger partial charge in [0.25, 0.3) is 0 Å². The fourth-order valence-electron chi connectivity index (χ4n) is 3.12. The predicted molar refractivity (Wildman–Crippen MR) is 80.1 cm³/mol. The second-order valence-corrected chi connectivity index (χ2v) is 5.36. The summed E-state index contributed by atoms with van der Waals surface area (Å²) in [6.07, 6.45) is 0.822. The zero-order valence-corrected chi connectivity index (χ0v) is 12.6. The number of carbonyl (C=O) groups excluding carboxylic acids is 1. The molecule has 24 heavy (non-hydrogen) atoms. The van der Waals surface area contributed by atoms with E-state index in [1.807, 2.05) is 0 Å². The number of urea groups is 1. The van der Waals surface area contributed by atoms with E-state index < -0.39 is 23.3 Å². The molecule has 1 atom stereocenters. The maximum Gasteiger partial charge on any atom is 0.421 e. The molecule has 0 N–H and O–H groups in total. The van der Waals surface area contributed by atoms with Gasteiger partial charge in [-0.3, -0.25) is 4.90 Å². The van der Waals surface area contributed by atoms with Gasteiger partial charge >= 0.3 is 12.2 Å². The number of hydrogen-bond donors (Lipinski definition) is 0. The lowest BCUT2D eigenvalue weighted by atomic mass is 9.78. The number of allylic oxidation sites excluding steroid dienone is 3. The van der Waals surface area contributed by atoms with E-state index in [0.717, 1.165) is 11.9 Å². The highest BCUT2D eigenvalue weighted by molar-refractivity contribution is 5.84. The van der Waals surface area contributed by atoms with Gasteiger partial charge in [-0.25, -0.2) is 4.79 Å². The number of carbonyl (C=O) groups is 1. The van der Waals surface area contributed by atoms with Crippen LogP contribution in [0.3, 0.4) is 0 Å². The number of nitrogens with zero attached hydrogens (tertiary/aromatic N) is 3. The van der Waals surface area contributed by atoms with E-state index in [0.29, 0.717) is 4.90 Å². The molecule has 0 radical (unpaired) electrons. The first-order valence-electron chi connectivity index (χ1n) is 7.04. The van der Waals surface area contributed by atoms with Crippen molar-refractivity contribution in [2.24, 2.45) is 0 Å². The Kier molecular flexibility index (Phi) is 3.48. The second-order valence-electron chi connectivity index (χ2n) is 5.36. The van der Waals surface area contributed by atoms with Gasteiger partial charge in [0.05, 0.1) is 11.3 Å². The Balaban J connectivity index is 2.44. The summed E-state index contributed by atoms with van der Waals surface area (Å²) >= 11 is 0. The number of amides is 2. The molecular formula is C17H12F3N3O. The summed E-state index contributed by atoms with van der Waals surface area (Å²) in [4.78, 5) is 14.2. The molecule has 122 valence electrons. The second kappa shape index (κ2) is 5.27. The lowest BCUT2D eigenvalue weighted by Crippen LogP contribution is -2.63. The topological polar surface area (TPSA) is 47.3 Å². The molecule has 0 bridgehead atoms. The molecule has 0 aliphatic carbocycles. The first-order chi connectivity index (χ1) is 11.4. The molecule has 0 saturated heterocycles. The number of nitriles is 1. The Morgan fingerprint density at radius 3 is 2.42 bits per heavy atom. The van der Waals surface area contributed by atoms with E-state index >= 15 is 0 Å². The zero-order chi connectivity index (χ0) is 17.5. The minimum absolute atomic E-state index is 0.0655. The maximum atomic E-state index is 14.3. The van der Waals surface area contributed by atoms with Crippen molar-refractivity contribution in [2.75, 3.05) is 7.05 Å². The van der Waals surface area contributed by atoms with E-state index in [-0.39, 0.29) is 11.3 Å². The van der Waals surface area contributed by atoms with Gasteiger partial charge in [-0.15, -0.1) is 0 Å². The predicted octanol–water partition coefficient (Wildman–Crippen LogP) is 3.67. The van der Waals surface area contributed by atoms with Crippen LogP contribution in [0.5, 0.6) is 0 Å². The van der Waals surface area contributed by atoms with Crippen LogP contribution in [0.1, 0.15) is 5.56 Å².